The third-order valence-electron chi connectivity index (χ3n) is 6.67. The van der Waals surface area contributed by atoms with Crippen molar-refractivity contribution < 1.29 is 18.7 Å². The summed E-state index contributed by atoms with van der Waals surface area (Å²) in [6, 6.07) is 2.66. The lowest BCUT2D eigenvalue weighted by Gasteiger charge is -2.31. The van der Waals surface area contributed by atoms with Gasteiger partial charge in [0, 0.05) is 23.8 Å². The molecule has 2 aliphatic heterocycles. The van der Waals surface area contributed by atoms with Crippen molar-refractivity contribution in [3.05, 3.63) is 41.4 Å². The van der Waals surface area contributed by atoms with Gasteiger partial charge in [-0.15, -0.1) is 0 Å². The van der Waals surface area contributed by atoms with Crippen LogP contribution in [-0.4, -0.2) is 52.9 Å². The molecule has 1 aromatic rings. The smallest absolute Gasteiger partial charge is 0.255 e. The van der Waals surface area contributed by atoms with Gasteiger partial charge in [-0.05, 0) is 62.9 Å². The molecular weight excluding hydrogens is 385 g/mol. The molecule has 30 heavy (non-hydrogen) atoms. The van der Waals surface area contributed by atoms with Crippen molar-refractivity contribution in [2.45, 2.75) is 70.7 Å². The number of ether oxygens (including phenoxy) is 1. The zero-order valence-corrected chi connectivity index (χ0v) is 17.7. The average molecular weight is 416 g/mol. The normalized spacial score (nSPS) is 26.3. The van der Waals surface area contributed by atoms with E-state index in [1.807, 2.05) is 0 Å². The fourth-order valence-corrected chi connectivity index (χ4v) is 5.05. The topological polar surface area (TPSA) is 61.9 Å². The van der Waals surface area contributed by atoms with Crippen LogP contribution in [0.2, 0.25) is 0 Å². The molecule has 0 aromatic heterocycles. The third-order valence-corrected chi connectivity index (χ3v) is 6.67. The van der Waals surface area contributed by atoms with Crippen LogP contribution >= 0.6 is 0 Å². The Labute approximate surface area is 177 Å². The van der Waals surface area contributed by atoms with Gasteiger partial charge in [0.25, 0.3) is 5.91 Å². The average Bonchev–Trinajstić information content (AvgIpc) is 3.29. The van der Waals surface area contributed by atoms with Gasteiger partial charge in [0.1, 0.15) is 12.1 Å². The van der Waals surface area contributed by atoms with E-state index < -0.39 is 11.9 Å². The summed E-state index contributed by atoms with van der Waals surface area (Å²) >= 11 is 0. The van der Waals surface area contributed by atoms with E-state index in [1.54, 1.807) is 6.07 Å². The highest BCUT2D eigenvalue weighted by Crippen LogP contribution is 2.35. The third kappa shape index (κ3) is 3.71. The summed E-state index contributed by atoms with van der Waals surface area (Å²) in [6.07, 6.45) is 4.12. The molecule has 1 unspecified atom stereocenters. The predicted octanol–water partition coefficient (Wildman–Crippen LogP) is 3.22. The van der Waals surface area contributed by atoms with E-state index in [4.69, 9.17) is 4.74 Å². The maximum Gasteiger partial charge on any atom is 0.255 e. The fraction of sp³-hybridized carbons (Fsp3) is 0.565. The number of carbonyl (C=O) groups excluding carboxylic acids is 2. The van der Waals surface area contributed by atoms with E-state index in [9.17, 15) is 14.0 Å². The molecule has 2 fully saturated rings. The largest absolute Gasteiger partial charge is 0.486 e. The Hall–Kier alpha value is -2.41. The van der Waals surface area contributed by atoms with E-state index >= 15 is 0 Å². The second kappa shape index (κ2) is 8.38. The van der Waals surface area contributed by atoms with Gasteiger partial charge in [0.15, 0.2) is 11.6 Å². The Morgan fingerprint density at radius 3 is 2.70 bits per heavy atom. The van der Waals surface area contributed by atoms with Gasteiger partial charge in [-0.25, -0.2) is 4.39 Å². The minimum absolute atomic E-state index is 0.0548. The molecule has 3 aliphatic rings. The number of allylic oxidation sites excluding steroid dienone is 1. The van der Waals surface area contributed by atoms with Crippen molar-refractivity contribution >= 4 is 11.8 Å². The molecule has 0 radical (unpaired) electrons. The number of halogens is 1. The van der Waals surface area contributed by atoms with Crippen molar-refractivity contribution in [2.75, 3.05) is 13.1 Å². The Morgan fingerprint density at radius 1 is 1.23 bits per heavy atom. The first-order valence-electron chi connectivity index (χ1n) is 11.0. The van der Waals surface area contributed by atoms with E-state index in [-0.39, 0.29) is 29.7 Å². The zero-order chi connectivity index (χ0) is 21.4. The summed E-state index contributed by atoms with van der Waals surface area (Å²) in [6.45, 7) is 10.2. The molecular formula is C23H30FN3O3. The SMILES string of the molecule is C=C1CCC(N2Cc3cc(O[C@@H]4CCC[C@@H]4N(CC)CC)c(F)cc3C2=O)C(=O)N1. The van der Waals surface area contributed by atoms with Crippen LogP contribution in [0.15, 0.2) is 24.4 Å². The van der Waals surface area contributed by atoms with Gasteiger partial charge in [0.05, 0.1) is 0 Å². The fourth-order valence-electron chi connectivity index (χ4n) is 5.05. The first-order valence-corrected chi connectivity index (χ1v) is 11.0. The Bertz CT molecular complexity index is 867. The lowest BCUT2D eigenvalue weighted by molar-refractivity contribution is -0.126. The van der Waals surface area contributed by atoms with Crippen LogP contribution < -0.4 is 10.1 Å². The van der Waals surface area contributed by atoms with Crippen molar-refractivity contribution in [3.8, 4) is 5.75 Å². The van der Waals surface area contributed by atoms with Crippen LogP contribution in [0, 0.1) is 5.82 Å². The monoisotopic (exact) mass is 415 g/mol. The lowest BCUT2D eigenvalue weighted by atomic mass is 10.0. The first-order chi connectivity index (χ1) is 14.4. The number of hydrogen-bond donors (Lipinski definition) is 1. The summed E-state index contributed by atoms with van der Waals surface area (Å²) in [5.74, 6) is -0.841. The molecule has 2 amide bonds. The minimum atomic E-state index is -0.551. The number of benzene rings is 1. The van der Waals surface area contributed by atoms with Crippen molar-refractivity contribution in [2.24, 2.45) is 0 Å². The molecule has 0 bridgehead atoms. The lowest BCUT2D eigenvalue weighted by Crippen LogP contribution is -2.49. The summed E-state index contributed by atoms with van der Waals surface area (Å²) in [4.78, 5) is 29.1. The quantitative estimate of drug-likeness (QED) is 0.775. The van der Waals surface area contributed by atoms with Crippen molar-refractivity contribution in [3.63, 3.8) is 0 Å². The molecule has 1 saturated heterocycles. The number of rotatable bonds is 6. The molecule has 6 nitrogen and oxygen atoms in total. The number of nitrogens with one attached hydrogen (secondary N) is 1. The number of likely N-dealkylation sites (N-methyl/N-ethyl adjacent to an activating group) is 1. The first kappa shape index (κ1) is 20.8. The van der Waals surface area contributed by atoms with Gasteiger partial charge in [-0.1, -0.05) is 20.4 Å². The van der Waals surface area contributed by atoms with Crippen LogP contribution in [0.5, 0.6) is 5.75 Å². The highest BCUT2D eigenvalue weighted by molar-refractivity contribution is 6.01. The predicted molar refractivity (Wildman–Crippen MR) is 112 cm³/mol. The minimum Gasteiger partial charge on any atom is -0.486 e. The maximum atomic E-state index is 14.9. The van der Waals surface area contributed by atoms with Crippen molar-refractivity contribution in [1.29, 1.82) is 0 Å². The molecule has 3 atom stereocenters. The van der Waals surface area contributed by atoms with Crippen LogP contribution in [0.4, 0.5) is 4.39 Å². The number of fused-ring (bicyclic) bond motifs is 1. The van der Waals surface area contributed by atoms with E-state index in [0.29, 0.717) is 36.2 Å². The maximum absolute atomic E-state index is 14.9. The second-order valence-corrected chi connectivity index (χ2v) is 8.40. The molecule has 1 aliphatic carbocycles. The van der Waals surface area contributed by atoms with Crippen LogP contribution in [-0.2, 0) is 11.3 Å². The van der Waals surface area contributed by atoms with Gasteiger partial charge in [-0.3, -0.25) is 14.5 Å². The van der Waals surface area contributed by atoms with E-state index in [1.165, 1.54) is 11.0 Å². The molecule has 7 heteroatoms. The van der Waals surface area contributed by atoms with Gasteiger partial charge >= 0.3 is 0 Å². The highest BCUT2D eigenvalue weighted by Gasteiger charge is 2.39. The Balaban J connectivity index is 1.53. The van der Waals surface area contributed by atoms with E-state index in [0.717, 1.165) is 32.4 Å². The standard InChI is InChI=1S/C23H30FN3O3/c1-4-26(5-2)18-7-6-8-20(18)30-21-11-15-13-27(23(29)16(15)12-17(21)24)19-10-9-14(3)25-22(19)28/h11-12,18-20H,3-10,13H2,1-2H3,(H,25,28)/t18-,19?,20+/m0/s1. The van der Waals surface area contributed by atoms with Crippen LogP contribution in [0.1, 0.15) is 61.9 Å². The van der Waals surface area contributed by atoms with Crippen LogP contribution in [0.3, 0.4) is 0 Å². The highest BCUT2D eigenvalue weighted by atomic mass is 19.1. The number of piperidine rings is 1. The number of hydrogen-bond acceptors (Lipinski definition) is 4. The summed E-state index contributed by atoms with van der Waals surface area (Å²) in [5, 5.41) is 2.72. The molecule has 1 N–H and O–H groups in total. The number of nitrogens with zero attached hydrogens (tertiary/aromatic N) is 2. The molecule has 4 rings (SSSR count). The molecule has 162 valence electrons. The van der Waals surface area contributed by atoms with E-state index in [2.05, 4.69) is 30.6 Å². The summed E-state index contributed by atoms with van der Waals surface area (Å²) in [5.41, 5.74) is 1.70. The van der Waals surface area contributed by atoms with Crippen LogP contribution in [0.25, 0.3) is 0 Å². The zero-order valence-electron chi connectivity index (χ0n) is 17.7. The molecule has 1 saturated carbocycles. The molecule has 0 spiro atoms. The summed E-state index contributed by atoms with van der Waals surface area (Å²) in [7, 11) is 0. The van der Waals surface area contributed by atoms with Gasteiger partial charge in [-0.2, -0.15) is 0 Å². The molecule has 1 aromatic carbocycles. The van der Waals surface area contributed by atoms with Crippen molar-refractivity contribution in [1.82, 2.24) is 15.1 Å². The summed E-state index contributed by atoms with van der Waals surface area (Å²) < 4.78 is 21.0. The number of carbonyl (C=O) groups is 2. The molecule has 2 heterocycles. The van der Waals surface area contributed by atoms with Gasteiger partial charge in [0.2, 0.25) is 5.91 Å². The Morgan fingerprint density at radius 2 is 2.00 bits per heavy atom. The Kier molecular flexibility index (Phi) is 5.82. The second-order valence-electron chi connectivity index (χ2n) is 8.40. The number of amides is 2. The van der Waals surface area contributed by atoms with Gasteiger partial charge < -0.3 is 15.0 Å².